The van der Waals surface area contributed by atoms with Gasteiger partial charge in [-0.15, -0.1) is 11.3 Å². The van der Waals surface area contributed by atoms with Crippen LogP contribution in [0.4, 0.5) is 5.13 Å². The number of rotatable bonds is 5. The minimum absolute atomic E-state index is 0.0485. The van der Waals surface area contributed by atoms with E-state index in [1.165, 1.54) is 46.4 Å². The van der Waals surface area contributed by atoms with Crippen molar-refractivity contribution in [2.75, 3.05) is 11.3 Å². The third kappa shape index (κ3) is 4.11. The molecule has 4 rings (SSSR count). The Balaban J connectivity index is 1.55. The summed E-state index contributed by atoms with van der Waals surface area (Å²) in [6.07, 6.45) is 3.42. The molecule has 1 aromatic heterocycles. The summed E-state index contributed by atoms with van der Waals surface area (Å²) < 4.78 is 27.4. The normalized spacial score (nSPS) is 16.6. The van der Waals surface area contributed by atoms with Crippen molar-refractivity contribution in [3.05, 3.63) is 76.3 Å². The Morgan fingerprint density at radius 1 is 1.17 bits per heavy atom. The van der Waals surface area contributed by atoms with Gasteiger partial charge in [0.25, 0.3) is 15.9 Å². The molecule has 1 atom stereocenters. The monoisotopic (exact) mass is 441 g/mol. The van der Waals surface area contributed by atoms with Crippen LogP contribution in [0.5, 0.6) is 0 Å². The van der Waals surface area contributed by atoms with Gasteiger partial charge in [-0.05, 0) is 62.1 Å². The zero-order valence-electron chi connectivity index (χ0n) is 16.8. The molecule has 0 bridgehead atoms. The maximum absolute atomic E-state index is 13.2. The fourth-order valence-electron chi connectivity index (χ4n) is 3.84. The number of nitrogens with one attached hydrogen (secondary N) is 1. The lowest BCUT2D eigenvalue weighted by atomic mass is 9.97. The lowest BCUT2D eigenvalue weighted by Crippen LogP contribution is -2.31. The highest BCUT2D eigenvalue weighted by atomic mass is 32.2. The van der Waals surface area contributed by atoms with E-state index in [9.17, 15) is 13.2 Å². The molecule has 8 heteroatoms. The van der Waals surface area contributed by atoms with Crippen molar-refractivity contribution < 1.29 is 13.2 Å². The van der Waals surface area contributed by atoms with E-state index in [0.29, 0.717) is 17.2 Å². The average Bonchev–Trinajstić information content (AvgIpc) is 3.41. The Morgan fingerprint density at radius 3 is 2.63 bits per heavy atom. The molecule has 30 heavy (non-hydrogen) atoms. The summed E-state index contributed by atoms with van der Waals surface area (Å²) in [6.45, 7) is 4.83. The molecule has 0 saturated carbocycles. The van der Waals surface area contributed by atoms with Crippen LogP contribution < -0.4 is 4.72 Å². The highest BCUT2D eigenvalue weighted by molar-refractivity contribution is 7.93. The molecular weight excluding hydrogens is 418 g/mol. The van der Waals surface area contributed by atoms with Gasteiger partial charge in [-0.25, -0.2) is 13.4 Å². The molecule has 3 aromatic rings. The summed E-state index contributed by atoms with van der Waals surface area (Å²) >= 11 is 1.21. The number of carbonyl (C=O) groups is 1. The van der Waals surface area contributed by atoms with E-state index in [0.717, 1.165) is 12.8 Å². The van der Waals surface area contributed by atoms with Crippen LogP contribution in [0.3, 0.4) is 0 Å². The Labute approximate surface area is 180 Å². The van der Waals surface area contributed by atoms with Crippen molar-refractivity contribution in [1.29, 1.82) is 0 Å². The SMILES string of the molecule is Cc1ccc(C)c(C2CCCN2C(=O)c2ccc(S(=O)(=O)Nc3nccs3)cc2)c1. The van der Waals surface area contributed by atoms with Gasteiger partial charge in [-0.2, -0.15) is 0 Å². The van der Waals surface area contributed by atoms with E-state index in [4.69, 9.17) is 0 Å². The summed E-state index contributed by atoms with van der Waals surface area (Å²) in [5.74, 6) is -0.0739. The summed E-state index contributed by atoms with van der Waals surface area (Å²) in [5, 5.41) is 2.01. The molecule has 1 amide bonds. The molecule has 2 aromatic carbocycles. The molecule has 1 saturated heterocycles. The topological polar surface area (TPSA) is 79.4 Å². The smallest absolute Gasteiger partial charge is 0.263 e. The number of carbonyl (C=O) groups excluding carboxylic acids is 1. The zero-order valence-corrected chi connectivity index (χ0v) is 18.5. The number of benzene rings is 2. The molecule has 0 radical (unpaired) electrons. The molecule has 0 aliphatic carbocycles. The second-order valence-corrected chi connectivity index (χ2v) is 10.1. The van der Waals surface area contributed by atoms with Gasteiger partial charge in [0.15, 0.2) is 5.13 Å². The van der Waals surface area contributed by atoms with Gasteiger partial charge in [0, 0.05) is 23.7 Å². The van der Waals surface area contributed by atoms with E-state index in [1.54, 1.807) is 17.5 Å². The van der Waals surface area contributed by atoms with Crippen molar-refractivity contribution in [3.8, 4) is 0 Å². The molecule has 156 valence electrons. The predicted octanol–water partition coefficient (Wildman–Crippen LogP) is 4.54. The number of anilines is 1. The van der Waals surface area contributed by atoms with Gasteiger partial charge in [0.2, 0.25) is 0 Å². The Kier molecular flexibility index (Phi) is 5.62. The van der Waals surface area contributed by atoms with Crippen LogP contribution in [0, 0.1) is 13.8 Å². The molecule has 0 spiro atoms. The quantitative estimate of drug-likeness (QED) is 0.630. The van der Waals surface area contributed by atoms with Gasteiger partial charge < -0.3 is 4.90 Å². The van der Waals surface area contributed by atoms with Gasteiger partial charge in [0.1, 0.15) is 0 Å². The van der Waals surface area contributed by atoms with Crippen molar-refractivity contribution in [3.63, 3.8) is 0 Å². The van der Waals surface area contributed by atoms with Gasteiger partial charge in [-0.1, -0.05) is 23.8 Å². The molecule has 1 aliphatic rings. The third-order valence-electron chi connectivity index (χ3n) is 5.37. The number of aryl methyl sites for hydroxylation is 2. The van der Waals surface area contributed by atoms with Crippen LogP contribution in [0.25, 0.3) is 0 Å². The Hall–Kier alpha value is -2.71. The van der Waals surface area contributed by atoms with Crippen LogP contribution in [0.2, 0.25) is 0 Å². The number of hydrogen-bond acceptors (Lipinski definition) is 5. The summed E-state index contributed by atoms with van der Waals surface area (Å²) in [6, 6.07) is 12.5. The Morgan fingerprint density at radius 2 is 1.93 bits per heavy atom. The highest BCUT2D eigenvalue weighted by Crippen LogP contribution is 2.35. The number of hydrogen-bond donors (Lipinski definition) is 1. The van der Waals surface area contributed by atoms with Gasteiger partial charge in [-0.3, -0.25) is 9.52 Å². The zero-order chi connectivity index (χ0) is 21.3. The first-order valence-electron chi connectivity index (χ1n) is 9.76. The van der Waals surface area contributed by atoms with Crippen molar-refractivity contribution in [1.82, 2.24) is 9.88 Å². The van der Waals surface area contributed by atoms with E-state index in [2.05, 4.69) is 41.8 Å². The molecular formula is C22H23N3O3S2. The fourth-order valence-corrected chi connectivity index (χ4v) is 5.63. The highest BCUT2D eigenvalue weighted by Gasteiger charge is 2.31. The van der Waals surface area contributed by atoms with E-state index >= 15 is 0 Å². The van der Waals surface area contributed by atoms with Crippen LogP contribution in [-0.4, -0.2) is 30.8 Å². The molecule has 1 N–H and O–H groups in total. The first kappa shape index (κ1) is 20.6. The number of amides is 1. The lowest BCUT2D eigenvalue weighted by molar-refractivity contribution is 0.0735. The van der Waals surface area contributed by atoms with E-state index < -0.39 is 10.0 Å². The van der Waals surface area contributed by atoms with Gasteiger partial charge >= 0.3 is 0 Å². The van der Waals surface area contributed by atoms with E-state index in [-0.39, 0.29) is 16.8 Å². The third-order valence-corrected chi connectivity index (χ3v) is 7.55. The molecule has 1 aliphatic heterocycles. The molecule has 2 heterocycles. The number of sulfonamides is 1. The lowest BCUT2D eigenvalue weighted by Gasteiger charge is -2.27. The summed E-state index contributed by atoms with van der Waals surface area (Å²) in [4.78, 5) is 19.1. The average molecular weight is 442 g/mol. The van der Waals surface area contributed by atoms with Crippen molar-refractivity contribution in [2.24, 2.45) is 0 Å². The number of likely N-dealkylation sites (tertiary alicyclic amines) is 1. The van der Waals surface area contributed by atoms with Gasteiger partial charge in [0.05, 0.1) is 10.9 Å². The first-order valence-corrected chi connectivity index (χ1v) is 12.1. The number of thiazole rings is 1. The Bertz CT molecular complexity index is 1160. The van der Waals surface area contributed by atoms with E-state index in [1.807, 2.05) is 4.90 Å². The predicted molar refractivity (Wildman–Crippen MR) is 118 cm³/mol. The van der Waals surface area contributed by atoms with Crippen LogP contribution in [-0.2, 0) is 10.0 Å². The van der Waals surface area contributed by atoms with Crippen LogP contribution >= 0.6 is 11.3 Å². The minimum Gasteiger partial charge on any atom is -0.332 e. The van der Waals surface area contributed by atoms with Crippen LogP contribution in [0.1, 0.15) is 45.9 Å². The van der Waals surface area contributed by atoms with Crippen LogP contribution in [0.15, 0.2) is 58.9 Å². The molecule has 6 nitrogen and oxygen atoms in total. The summed E-state index contributed by atoms with van der Waals surface area (Å²) in [7, 11) is -3.74. The first-order chi connectivity index (χ1) is 14.3. The maximum atomic E-state index is 13.2. The standard InChI is InChI=1S/C22H23N3O3S2/c1-15-5-6-16(2)19(14-15)20-4-3-12-25(20)21(26)17-7-9-18(10-8-17)30(27,28)24-22-23-11-13-29-22/h5-11,13-14,20H,3-4,12H2,1-2H3,(H,23,24). The minimum atomic E-state index is -3.74. The largest absolute Gasteiger partial charge is 0.332 e. The second kappa shape index (κ2) is 8.20. The molecule has 1 fully saturated rings. The molecule has 1 unspecified atom stereocenters. The fraction of sp³-hybridized carbons (Fsp3) is 0.273. The van der Waals surface area contributed by atoms with Crippen molar-refractivity contribution in [2.45, 2.75) is 37.6 Å². The number of nitrogens with zero attached hydrogens (tertiary/aromatic N) is 2. The number of aromatic nitrogens is 1. The summed E-state index contributed by atoms with van der Waals surface area (Å²) in [5.41, 5.74) is 4.03. The maximum Gasteiger partial charge on any atom is 0.263 e. The second-order valence-electron chi connectivity index (χ2n) is 7.48. The van der Waals surface area contributed by atoms with Crippen molar-refractivity contribution >= 4 is 32.4 Å².